The quantitative estimate of drug-likeness (QED) is 0.364. The number of allylic oxidation sites excluding steroid dienone is 2. The van der Waals surface area contributed by atoms with E-state index in [1.54, 1.807) is 30.3 Å². The summed E-state index contributed by atoms with van der Waals surface area (Å²) in [5.41, 5.74) is 0.478. The molecule has 1 fully saturated rings. The molecule has 0 aromatic heterocycles. The molecule has 164 valence electrons. The van der Waals surface area contributed by atoms with E-state index in [4.69, 9.17) is 23.2 Å². The Bertz CT molecular complexity index is 1110. The van der Waals surface area contributed by atoms with Gasteiger partial charge < -0.3 is 0 Å². The first kappa shape index (κ1) is 22.2. The van der Waals surface area contributed by atoms with Crippen LogP contribution in [0.15, 0.2) is 60.7 Å². The molecule has 3 atom stereocenters. The number of carbonyl (C=O) groups excluding carboxylic acids is 4. The highest BCUT2D eigenvalue weighted by Gasteiger charge is 2.52. The van der Waals surface area contributed by atoms with Crippen molar-refractivity contribution in [3.8, 4) is 0 Å². The SMILES string of the molecule is C[C@H](C(=O)c1ccccc1)N(C(=O)c1ccc(Cl)c(Cl)c1)N1C(=O)[C@@H]2CC=CC[C@H]2C1=O. The van der Waals surface area contributed by atoms with Gasteiger partial charge in [-0.1, -0.05) is 65.7 Å². The van der Waals surface area contributed by atoms with Gasteiger partial charge in [0.1, 0.15) is 6.04 Å². The van der Waals surface area contributed by atoms with Crippen molar-refractivity contribution in [3.05, 3.63) is 81.9 Å². The fourth-order valence-corrected chi connectivity index (χ4v) is 4.45. The van der Waals surface area contributed by atoms with Crippen LogP contribution >= 0.6 is 23.2 Å². The number of fused-ring (bicyclic) bond motifs is 1. The molecule has 1 aliphatic heterocycles. The van der Waals surface area contributed by atoms with E-state index < -0.39 is 41.4 Å². The predicted octanol–water partition coefficient (Wildman–Crippen LogP) is 4.57. The van der Waals surface area contributed by atoms with E-state index in [1.807, 2.05) is 12.2 Å². The molecule has 0 unspecified atom stereocenters. The van der Waals surface area contributed by atoms with Crippen LogP contribution in [-0.2, 0) is 9.59 Å². The zero-order chi connectivity index (χ0) is 23.0. The second-order valence-corrected chi connectivity index (χ2v) is 8.64. The van der Waals surface area contributed by atoms with E-state index in [0.717, 1.165) is 10.0 Å². The first-order chi connectivity index (χ1) is 15.3. The molecule has 1 heterocycles. The first-order valence-electron chi connectivity index (χ1n) is 10.2. The van der Waals surface area contributed by atoms with Gasteiger partial charge in [-0.15, -0.1) is 0 Å². The summed E-state index contributed by atoms with van der Waals surface area (Å²) in [6, 6.07) is 11.6. The summed E-state index contributed by atoms with van der Waals surface area (Å²) >= 11 is 12.1. The monoisotopic (exact) mass is 470 g/mol. The number of nitrogens with zero attached hydrogens (tertiary/aromatic N) is 2. The van der Waals surface area contributed by atoms with Crippen LogP contribution in [0.2, 0.25) is 10.0 Å². The smallest absolute Gasteiger partial charge is 0.273 e. The van der Waals surface area contributed by atoms with Crippen LogP contribution in [0.5, 0.6) is 0 Å². The molecular formula is C24H20Cl2N2O4. The number of ketones is 1. The van der Waals surface area contributed by atoms with Crippen molar-refractivity contribution in [3.63, 3.8) is 0 Å². The fraction of sp³-hybridized carbons (Fsp3) is 0.250. The van der Waals surface area contributed by atoms with Crippen molar-refractivity contribution < 1.29 is 19.2 Å². The number of benzene rings is 2. The maximum absolute atomic E-state index is 13.6. The van der Waals surface area contributed by atoms with Crippen LogP contribution in [0, 0.1) is 11.8 Å². The minimum Gasteiger partial charge on any atom is -0.292 e. The van der Waals surface area contributed by atoms with Crippen molar-refractivity contribution in [2.45, 2.75) is 25.8 Å². The molecule has 6 nitrogen and oxygen atoms in total. The number of Topliss-reactive ketones (excluding diaryl/α,β-unsaturated/α-hetero) is 1. The van der Waals surface area contributed by atoms with Gasteiger partial charge in [0.25, 0.3) is 17.7 Å². The molecule has 2 aliphatic rings. The summed E-state index contributed by atoms with van der Waals surface area (Å²) < 4.78 is 0. The van der Waals surface area contributed by atoms with Crippen LogP contribution in [0.3, 0.4) is 0 Å². The summed E-state index contributed by atoms with van der Waals surface area (Å²) in [6.07, 6.45) is 4.56. The Kier molecular flexibility index (Phi) is 6.17. The van der Waals surface area contributed by atoms with Crippen LogP contribution in [0.4, 0.5) is 0 Å². The molecule has 0 saturated carbocycles. The normalized spacial score (nSPS) is 20.8. The number of hydrogen-bond acceptors (Lipinski definition) is 4. The Morgan fingerprint density at radius 3 is 2.06 bits per heavy atom. The van der Waals surface area contributed by atoms with Crippen molar-refractivity contribution in [2.75, 3.05) is 0 Å². The molecule has 2 aromatic carbocycles. The van der Waals surface area contributed by atoms with E-state index in [-0.39, 0.29) is 15.6 Å². The summed E-state index contributed by atoms with van der Waals surface area (Å²) in [5, 5.41) is 2.24. The summed E-state index contributed by atoms with van der Waals surface area (Å²) in [4.78, 5) is 53.3. The van der Waals surface area contributed by atoms with E-state index in [0.29, 0.717) is 18.4 Å². The zero-order valence-corrected chi connectivity index (χ0v) is 18.7. The summed E-state index contributed by atoms with van der Waals surface area (Å²) in [6.45, 7) is 1.51. The van der Waals surface area contributed by atoms with Gasteiger partial charge in [0.15, 0.2) is 5.78 Å². The van der Waals surface area contributed by atoms with Crippen molar-refractivity contribution in [1.82, 2.24) is 10.0 Å². The summed E-state index contributed by atoms with van der Waals surface area (Å²) in [5.74, 6) is -3.14. The number of amides is 3. The third kappa shape index (κ3) is 3.85. The second-order valence-electron chi connectivity index (χ2n) is 7.83. The maximum Gasteiger partial charge on any atom is 0.273 e. The van der Waals surface area contributed by atoms with E-state index in [9.17, 15) is 19.2 Å². The van der Waals surface area contributed by atoms with Crippen LogP contribution < -0.4 is 0 Å². The Hall–Kier alpha value is -2.96. The average Bonchev–Trinajstić information content (AvgIpc) is 3.06. The molecule has 0 bridgehead atoms. The standard InChI is InChI=1S/C24H20Cl2N2O4/c1-14(21(29)15-7-3-2-4-8-15)27(22(30)16-11-12-19(25)20(26)13-16)28-23(31)17-9-5-6-10-18(17)24(28)32/h2-8,11-14,17-18H,9-10H2,1H3/t14-,17-,18-/m1/s1. The van der Waals surface area contributed by atoms with Gasteiger partial charge in [-0.2, -0.15) is 5.01 Å². The lowest BCUT2D eigenvalue weighted by Crippen LogP contribution is -2.56. The largest absolute Gasteiger partial charge is 0.292 e. The average molecular weight is 471 g/mol. The molecule has 0 radical (unpaired) electrons. The minimum atomic E-state index is -1.11. The fourth-order valence-electron chi connectivity index (χ4n) is 4.15. The molecule has 2 aromatic rings. The highest BCUT2D eigenvalue weighted by atomic mass is 35.5. The number of hydrogen-bond donors (Lipinski definition) is 0. The third-order valence-electron chi connectivity index (χ3n) is 5.88. The van der Waals surface area contributed by atoms with Crippen molar-refractivity contribution in [2.24, 2.45) is 11.8 Å². The Balaban J connectivity index is 1.77. The van der Waals surface area contributed by atoms with Crippen LogP contribution in [0.25, 0.3) is 0 Å². The van der Waals surface area contributed by atoms with Gasteiger partial charge in [-0.05, 0) is 38.0 Å². The lowest BCUT2D eigenvalue weighted by atomic mass is 9.85. The Labute approximate surface area is 195 Å². The molecule has 8 heteroatoms. The first-order valence-corrected chi connectivity index (χ1v) is 11.0. The highest BCUT2D eigenvalue weighted by Crippen LogP contribution is 2.37. The van der Waals surface area contributed by atoms with E-state index in [2.05, 4.69) is 0 Å². The molecule has 1 saturated heterocycles. The second kappa shape index (κ2) is 8.88. The molecule has 32 heavy (non-hydrogen) atoms. The summed E-state index contributed by atoms with van der Waals surface area (Å²) in [7, 11) is 0. The molecular weight excluding hydrogens is 451 g/mol. The minimum absolute atomic E-state index is 0.112. The number of imide groups is 1. The van der Waals surface area contributed by atoms with E-state index in [1.165, 1.54) is 25.1 Å². The van der Waals surface area contributed by atoms with Gasteiger partial charge >= 0.3 is 0 Å². The third-order valence-corrected chi connectivity index (χ3v) is 6.62. The Morgan fingerprint density at radius 1 is 0.906 bits per heavy atom. The molecule has 4 rings (SSSR count). The number of hydrazine groups is 1. The predicted molar refractivity (Wildman–Crippen MR) is 120 cm³/mol. The maximum atomic E-state index is 13.6. The topological polar surface area (TPSA) is 74.8 Å². The van der Waals surface area contributed by atoms with Gasteiger partial charge in [-0.3, -0.25) is 19.2 Å². The van der Waals surface area contributed by atoms with Gasteiger partial charge in [0.05, 0.1) is 21.9 Å². The van der Waals surface area contributed by atoms with Crippen LogP contribution in [0.1, 0.15) is 40.5 Å². The molecule has 0 N–H and O–H groups in total. The molecule has 0 spiro atoms. The Morgan fingerprint density at radius 2 is 1.50 bits per heavy atom. The number of carbonyl (C=O) groups is 4. The molecule has 1 aliphatic carbocycles. The number of rotatable bonds is 5. The zero-order valence-electron chi connectivity index (χ0n) is 17.2. The van der Waals surface area contributed by atoms with E-state index >= 15 is 0 Å². The lowest BCUT2D eigenvalue weighted by Gasteiger charge is -2.34. The number of halogens is 2. The van der Waals surface area contributed by atoms with Gasteiger partial charge in [0, 0.05) is 11.1 Å². The lowest BCUT2D eigenvalue weighted by molar-refractivity contribution is -0.156. The van der Waals surface area contributed by atoms with Gasteiger partial charge in [0.2, 0.25) is 0 Å². The van der Waals surface area contributed by atoms with Crippen LogP contribution in [-0.4, -0.2) is 39.6 Å². The highest BCUT2D eigenvalue weighted by molar-refractivity contribution is 6.42. The molecule has 3 amide bonds. The van der Waals surface area contributed by atoms with Crippen molar-refractivity contribution >= 4 is 46.7 Å². The van der Waals surface area contributed by atoms with Gasteiger partial charge in [-0.25, -0.2) is 5.01 Å². The van der Waals surface area contributed by atoms with Crippen molar-refractivity contribution in [1.29, 1.82) is 0 Å².